The summed E-state index contributed by atoms with van der Waals surface area (Å²) in [6.45, 7) is 0.791. The van der Waals surface area contributed by atoms with E-state index >= 15 is 0 Å². The number of nitrogens with one attached hydrogen (secondary N) is 1. The fraction of sp³-hybridized carbons (Fsp3) is 0.529. The van der Waals surface area contributed by atoms with Crippen molar-refractivity contribution >= 4 is 29.0 Å². The molecule has 1 aliphatic rings. The maximum atomic E-state index is 12.3. The third-order valence-corrected chi connectivity index (χ3v) is 6.31. The highest BCUT2D eigenvalue weighted by Crippen LogP contribution is 2.27. The minimum atomic E-state index is -0.678. The zero-order chi connectivity index (χ0) is 17.5. The van der Waals surface area contributed by atoms with Crippen molar-refractivity contribution in [2.24, 2.45) is 0 Å². The van der Waals surface area contributed by atoms with Gasteiger partial charge in [0.15, 0.2) is 5.16 Å². The average Bonchev–Trinajstić information content (AvgIpc) is 3.30. The van der Waals surface area contributed by atoms with Gasteiger partial charge in [-0.3, -0.25) is 4.79 Å². The summed E-state index contributed by atoms with van der Waals surface area (Å²) in [4.78, 5) is 13.6. The number of aryl methyl sites for hydroxylation is 2. The first-order valence-corrected chi connectivity index (χ1v) is 10.3. The molecule has 0 aliphatic heterocycles. The fourth-order valence-electron chi connectivity index (χ4n) is 3.05. The molecule has 2 heterocycles. The van der Waals surface area contributed by atoms with Crippen LogP contribution in [0.5, 0.6) is 0 Å². The van der Waals surface area contributed by atoms with Gasteiger partial charge in [-0.2, -0.15) is 5.26 Å². The molecule has 0 saturated heterocycles. The molecule has 1 aliphatic carbocycles. The molecule has 0 spiro atoms. The van der Waals surface area contributed by atoms with Crippen LogP contribution in [0.15, 0.2) is 29.0 Å². The van der Waals surface area contributed by atoms with E-state index in [0.717, 1.165) is 50.2 Å². The second-order valence-electron chi connectivity index (χ2n) is 6.23. The number of hydrogen-bond acceptors (Lipinski definition) is 6. The summed E-state index contributed by atoms with van der Waals surface area (Å²) in [7, 11) is 0. The molecule has 0 aromatic carbocycles. The molecule has 1 saturated carbocycles. The van der Waals surface area contributed by atoms with E-state index in [2.05, 4.69) is 33.0 Å². The van der Waals surface area contributed by atoms with Gasteiger partial charge in [-0.05, 0) is 30.7 Å². The van der Waals surface area contributed by atoms with Gasteiger partial charge >= 0.3 is 0 Å². The Kier molecular flexibility index (Phi) is 6.10. The highest BCUT2D eigenvalue weighted by molar-refractivity contribution is 7.99. The Bertz CT molecular complexity index is 729. The predicted octanol–water partition coefficient (Wildman–Crippen LogP) is 3.02. The molecule has 3 rings (SSSR count). The van der Waals surface area contributed by atoms with Gasteiger partial charge < -0.3 is 9.88 Å². The van der Waals surface area contributed by atoms with Crippen molar-refractivity contribution < 1.29 is 4.79 Å². The van der Waals surface area contributed by atoms with Gasteiger partial charge in [0, 0.05) is 11.4 Å². The molecule has 0 atom stereocenters. The number of thioether (sulfide) groups is 1. The summed E-state index contributed by atoms with van der Waals surface area (Å²) in [5.41, 5.74) is -0.678. The van der Waals surface area contributed by atoms with E-state index in [1.807, 2.05) is 10.6 Å². The molecule has 0 radical (unpaired) electrons. The summed E-state index contributed by atoms with van der Waals surface area (Å²) in [6, 6.07) is 6.47. The minimum absolute atomic E-state index is 0.110. The summed E-state index contributed by atoms with van der Waals surface area (Å²) in [6.07, 6.45) is 7.25. The molecule has 132 valence electrons. The molecule has 1 amide bonds. The number of amides is 1. The lowest BCUT2D eigenvalue weighted by molar-refractivity contribution is -0.120. The molecule has 0 bridgehead atoms. The molecule has 2 aromatic heterocycles. The van der Waals surface area contributed by atoms with E-state index in [0.29, 0.717) is 0 Å². The van der Waals surface area contributed by atoms with Crippen molar-refractivity contribution in [1.29, 1.82) is 5.26 Å². The third kappa shape index (κ3) is 4.83. The van der Waals surface area contributed by atoms with E-state index in [4.69, 9.17) is 0 Å². The molecular formula is C17H21N5OS2. The lowest BCUT2D eigenvalue weighted by atomic mass is 9.83. The fourth-order valence-corrected chi connectivity index (χ4v) is 4.49. The number of nitrogens with zero attached hydrogens (tertiary/aromatic N) is 4. The van der Waals surface area contributed by atoms with Crippen LogP contribution in [0, 0.1) is 11.3 Å². The molecule has 0 unspecified atom stereocenters. The topological polar surface area (TPSA) is 83.6 Å². The van der Waals surface area contributed by atoms with Crippen LogP contribution in [0.2, 0.25) is 0 Å². The van der Waals surface area contributed by atoms with Crippen LogP contribution >= 0.6 is 23.1 Å². The molecular weight excluding hydrogens is 354 g/mol. The molecule has 1 N–H and O–H groups in total. The Morgan fingerprint density at radius 3 is 3.00 bits per heavy atom. The van der Waals surface area contributed by atoms with Crippen molar-refractivity contribution in [3.8, 4) is 6.07 Å². The quantitative estimate of drug-likeness (QED) is 0.752. The lowest BCUT2D eigenvalue weighted by Crippen LogP contribution is -2.49. The van der Waals surface area contributed by atoms with Crippen molar-refractivity contribution in [2.75, 3.05) is 5.75 Å². The van der Waals surface area contributed by atoms with Gasteiger partial charge in [0.2, 0.25) is 5.91 Å². The van der Waals surface area contributed by atoms with Crippen LogP contribution in [0.3, 0.4) is 0 Å². The number of aromatic nitrogens is 3. The normalized spacial score (nSPS) is 16.3. The Morgan fingerprint density at radius 1 is 1.44 bits per heavy atom. The monoisotopic (exact) mass is 375 g/mol. The zero-order valence-corrected chi connectivity index (χ0v) is 15.6. The Morgan fingerprint density at radius 2 is 2.28 bits per heavy atom. The van der Waals surface area contributed by atoms with Gasteiger partial charge in [-0.25, -0.2) is 0 Å². The highest BCUT2D eigenvalue weighted by Gasteiger charge is 2.33. The van der Waals surface area contributed by atoms with Crippen LogP contribution < -0.4 is 5.32 Å². The van der Waals surface area contributed by atoms with Crippen LogP contribution in [0.4, 0.5) is 0 Å². The maximum absolute atomic E-state index is 12.3. The number of carbonyl (C=O) groups excluding carboxylic acids is 1. The van der Waals surface area contributed by atoms with Gasteiger partial charge in [0.1, 0.15) is 11.9 Å². The highest BCUT2D eigenvalue weighted by atomic mass is 32.2. The first kappa shape index (κ1) is 18.0. The predicted molar refractivity (Wildman–Crippen MR) is 98.3 cm³/mol. The Balaban J connectivity index is 1.50. The summed E-state index contributed by atoms with van der Waals surface area (Å²) < 4.78 is 1.97. The van der Waals surface area contributed by atoms with Gasteiger partial charge in [0.25, 0.3) is 0 Å². The lowest BCUT2D eigenvalue weighted by Gasteiger charge is -2.31. The first-order chi connectivity index (χ1) is 12.2. The van der Waals surface area contributed by atoms with Crippen LogP contribution in [-0.2, 0) is 17.8 Å². The van der Waals surface area contributed by atoms with Crippen LogP contribution in [-0.4, -0.2) is 32.0 Å². The largest absolute Gasteiger partial charge is 0.337 e. The van der Waals surface area contributed by atoms with Crippen molar-refractivity contribution in [1.82, 2.24) is 20.1 Å². The molecule has 2 aromatic rings. The second-order valence-corrected chi connectivity index (χ2v) is 8.20. The van der Waals surface area contributed by atoms with E-state index in [1.54, 1.807) is 17.7 Å². The maximum Gasteiger partial charge on any atom is 0.231 e. The summed E-state index contributed by atoms with van der Waals surface area (Å²) in [5.74, 6) is 0.141. The minimum Gasteiger partial charge on any atom is -0.337 e. The SMILES string of the molecule is N#CC1(NC(=O)CSc2nncn2CCc2cccs2)CCCCC1. The van der Waals surface area contributed by atoms with E-state index in [-0.39, 0.29) is 11.7 Å². The standard InChI is InChI=1S/C17H21N5OS2/c18-12-17(7-2-1-3-8-17)20-15(23)11-25-16-21-19-13-22(16)9-6-14-5-4-10-24-14/h4-5,10,13H,1-3,6-9,11H2,(H,20,23). The third-order valence-electron chi connectivity index (χ3n) is 4.39. The van der Waals surface area contributed by atoms with Crippen molar-refractivity contribution in [3.05, 3.63) is 28.7 Å². The zero-order valence-electron chi connectivity index (χ0n) is 14.0. The molecule has 25 heavy (non-hydrogen) atoms. The smallest absolute Gasteiger partial charge is 0.231 e. The van der Waals surface area contributed by atoms with E-state index in [9.17, 15) is 10.1 Å². The summed E-state index contributed by atoms with van der Waals surface area (Å²) in [5, 5.41) is 23.3. The second kappa shape index (κ2) is 8.50. The van der Waals surface area contributed by atoms with Crippen molar-refractivity contribution in [3.63, 3.8) is 0 Å². The Labute approximate surface area is 155 Å². The average molecular weight is 376 g/mol. The molecule has 6 nitrogen and oxygen atoms in total. The molecule has 1 fully saturated rings. The number of rotatable bonds is 7. The number of hydrogen-bond donors (Lipinski definition) is 1. The summed E-state index contributed by atoms with van der Waals surface area (Å²) >= 11 is 3.10. The number of carbonyl (C=O) groups is 1. The van der Waals surface area contributed by atoms with E-state index < -0.39 is 5.54 Å². The number of thiophene rings is 1. The van der Waals surface area contributed by atoms with Crippen LogP contribution in [0.25, 0.3) is 0 Å². The number of nitriles is 1. The van der Waals surface area contributed by atoms with Gasteiger partial charge in [-0.1, -0.05) is 37.1 Å². The first-order valence-electron chi connectivity index (χ1n) is 8.46. The Hall–Kier alpha value is -1.85. The van der Waals surface area contributed by atoms with Crippen molar-refractivity contribution in [2.45, 2.75) is 55.8 Å². The molecule has 8 heteroatoms. The van der Waals surface area contributed by atoms with Crippen LogP contribution in [0.1, 0.15) is 37.0 Å². The van der Waals surface area contributed by atoms with E-state index in [1.165, 1.54) is 16.6 Å². The van der Waals surface area contributed by atoms with Gasteiger partial charge in [0.05, 0.1) is 11.8 Å². The van der Waals surface area contributed by atoms with Gasteiger partial charge in [-0.15, -0.1) is 21.5 Å².